The van der Waals surface area contributed by atoms with Gasteiger partial charge in [0.2, 0.25) is 0 Å². The lowest BCUT2D eigenvalue weighted by molar-refractivity contribution is -0.117. The summed E-state index contributed by atoms with van der Waals surface area (Å²) in [6.07, 6.45) is 0. The minimum Gasteiger partial charge on any atom is -0.367 e. The van der Waals surface area contributed by atoms with Crippen LogP contribution in [0.15, 0.2) is 60.8 Å². The SMILES string of the molecule is C=C(Nc1ccc(F)cc1)C(=O)NCCNc1nsc2ccccc12. The van der Waals surface area contributed by atoms with E-state index in [0.29, 0.717) is 18.8 Å². The van der Waals surface area contributed by atoms with Gasteiger partial charge in [-0.1, -0.05) is 18.7 Å². The van der Waals surface area contributed by atoms with E-state index in [0.717, 1.165) is 15.9 Å². The number of halogens is 1. The van der Waals surface area contributed by atoms with E-state index in [1.54, 1.807) is 12.1 Å². The van der Waals surface area contributed by atoms with Crippen molar-refractivity contribution in [1.29, 1.82) is 0 Å². The van der Waals surface area contributed by atoms with Crippen LogP contribution in [0.3, 0.4) is 0 Å². The molecule has 0 aliphatic heterocycles. The number of carbonyl (C=O) groups is 1. The predicted molar refractivity (Wildman–Crippen MR) is 100 cm³/mol. The normalized spacial score (nSPS) is 10.4. The summed E-state index contributed by atoms with van der Waals surface area (Å²) in [5.74, 6) is 0.175. The van der Waals surface area contributed by atoms with Crippen LogP contribution in [-0.2, 0) is 4.79 Å². The van der Waals surface area contributed by atoms with E-state index >= 15 is 0 Å². The molecule has 0 unspecified atom stereocenters. The summed E-state index contributed by atoms with van der Waals surface area (Å²) in [5, 5.41) is 9.89. The number of nitrogens with zero attached hydrogens (tertiary/aromatic N) is 1. The molecular weight excluding hydrogens is 339 g/mol. The summed E-state index contributed by atoms with van der Waals surface area (Å²) in [7, 11) is 0. The Balaban J connectivity index is 1.44. The number of fused-ring (bicyclic) bond motifs is 1. The summed E-state index contributed by atoms with van der Waals surface area (Å²) in [6, 6.07) is 13.7. The zero-order valence-electron chi connectivity index (χ0n) is 13.4. The number of hydrogen-bond acceptors (Lipinski definition) is 5. The molecule has 128 valence electrons. The molecule has 1 heterocycles. The lowest BCUT2D eigenvalue weighted by Gasteiger charge is -2.10. The molecule has 1 amide bonds. The molecule has 0 aliphatic rings. The molecule has 0 saturated heterocycles. The van der Waals surface area contributed by atoms with E-state index in [4.69, 9.17) is 0 Å². The number of carbonyl (C=O) groups excluding carboxylic acids is 1. The largest absolute Gasteiger partial charge is 0.367 e. The maximum absolute atomic E-state index is 12.9. The van der Waals surface area contributed by atoms with Crippen molar-refractivity contribution in [1.82, 2.24) is 9.69 Å². The number of anilines is 2. The summed E-state index contributed by atoms with van der Waals surface area (Å²) < 4.78 is 18.3. The van der Waals surface area contributed by atoms with Crippen LogP contribution in [0.5, 0.6) is 0 Å². The molecule has 1 aromatic heterocycles. The fourth-order valence-corrected chi connectivity index (χ4v) is 3.00. The van der Waals surface area contributed by atoms with Crippen LogP contribution >= 0.6 is 11.5 Å². The molecule has 5 nitrogen and oxygen atoms in total. The first kappa shape index (κ1) is 16.9. The first-order valence-corrected chi connectivity index (χ1v) is 8.49. The summed E-state index contributed by atoms with van der Waals surface area (Å²) in [4.78, 5) is 12.0. The van der Waals surface area contributed by atoms with Crippen LogP contribution in [0, 0.1) is 5.82 Å². The molecule has 7 heteroatoms. The van der Waals surface area contributed by atoms with Gasteiger partial charge in [-0.2, -0.15) is 4.37 Å². The van der Waals surface area contributed by atoms with Gasteiger partial charge in [-0.3, -0.25) is 4.79 Å². The topological polar surface area (TPSA) is 66.1 Å². The van der Waals surface area contributed by atoms with Gasteiger partial charge >= 0.3 is 0 Å². The van der Waals surface area contributed by atoms with Crippen LogP contribution in [0.1, 0.15) is 0 Å². The molecule has 0 radical (unpaired) electrons. The Morgan fingerprint density at radius 2 is 1.88 bits per heavy atom. The van der Waals surface area contributed by atoms with Crippen LogP contribution in [0.4, 0.5) is 15.9 Å². The molecule has 0 fully saturated rings. The third-order valence-electron chi connectivity index (χ3n) is 3.49. The highest BCUT2D eigenvalue weighted by Gasteiger charge is 2.08. The minimum atomic E-state index is -0.332. The molecule has 0 bridgehead atoms. The predicted octanol–water partition coefficient (Wildman–Crippen LogP) is 3.59. The van der Waals surface area contributed by atoms with Crippen molar-refractivity contribution in [3.05, 3.63) is 66.6 Å². The van der Waals surface area contributed by atoms with Crippen molar-refractivity contribution < 1.29 is 9.18 Å². The number of amides is 1. The first-order valence-electron chi connectivity index (χ1n) is 7.71. The molecule has 0 saturated carbocycles. The highest BCUT2D eigenvalue weighted by molar-refractivity contribution is 7.13. The summed E-state index contributed by atoms with van der Waals surface area (Å²) >= 11 is 1.43. The van der Waals surface area contributed by atoms with Crippen molar-refractivity contribution in [2.45, 2.75) is 0 Å². The van der Waals surface area contributed by atoms with Crippen LogP contribution in [0.2, 0.25) is 0 Å². The molecule has 0 spiro atoms. The second kappa shape index (κ2) is 7.76. The van der Waals surface area contributed by atoms with E-state index in [2.05, 4.69) is 26.9 Å². The Morgan fingerprint density at radius 1 is 1.12 bits per heavy atom. The molecule has 0 atom stereocenters. The van der Waals surface area contributed by atoms with Gasteiger partial charge in [-0.05, 0) is 47.9 Å². The molecule has 0 aliphatic carbocycles. The molecule has 25 heavy (non-hydrogen) atoms. The van der Waals surface area contributed by atoms with Gasteiger partial charge in [0.1, 0.15) is 11.6 Å². The van der Waals surface area contributed by atoms with Crippen molar-refractivity contribution >= 4 is 39.0 Å². The quantitative estimate of drug-likeness (QED) is 0.447. The zero-order chi connectivity index (χ0) is 17.6. The van der Waals surface area contributed by atoms with Gasteiger partial charge in [0.05, 0.1) is 10.4 Å². The van der Waals surface area contributed by atoms with Gasteiger partial charge in [-0.25, -0.2) is 4.39 Å². The van der Waals surface area contributed by atoms with Crippen LogP contribution in [0.25, 0.3) is 10.1 Å². The fourth-order valence-electron chi connectivity index (χ4n) is 2.24. The van der Waals surface area contributed by atoms with E-state index < -0.39 is 0 Å². The molecule has 3 rings (SSSR count). The summed E-state index contributed by atoms with van der Waals surface area (Å²) in [5.41, 5.74) is 0.805. The van der Waals surface area contributed by atoms with Crippen molar-refractivity contribution in [3.63, 3.8) is 0 Å². The van der Waals surface area contributed by atoms with E-state index in [9.17, 15) is 9.18 Å². The Labute approximate surface area is 148 Å². The number of hydrogen-bond donors (Lipinski definition) is 3. The van der Waals surface area contributed by atoms with Crippen LogP contribution in [-0.4, -0.2) is 23.4 Å². The van der Waals surface area contributed by atoms with Gasteiger partial charge in [0.25, 0.3) is 5.91 Å². The number of nitrogens with one attached hydrogen (secondary N) is 3. The Kier molecular flexibility index (Phi) is 5.25. The van der Waals surface area contributed by atoms with Gasteiger partial charge in [0, 0.05) is 24.2 Å². The number of aromatic nitrogens is 1. The molecular formula is C18H17FN4OS. The van der Waals surface area contributed by atoms with E-state index in [1.165, 1.54) is 23.7 Å². The highest BCUT2D eigenvalue weighted by atomic mass is 32.1. The standard InChI is InChI=1S/C18H17FN4OS/c1-12(22-14-8-6-13(19)7-9-14)18(24)21-11-10-20-17-15-4-2-3-5-16(15)25-23-17/h2-9,22H,1,10-11H2,(H,20,23)(H,21,24). The summed E-state index contributed by atoms with van der Waals surface area (Å²) in [6.45, 7) is 4.66. The fraction of sp³-hybridized carbons (Fsp3) is 0.111. The monoisotopic (exact) mass is 356 g/mol. The molecule has 3 aromatic rings. The molecule has 2 aromatic carbocycles. The van der Waals surface area contributed by atoms with Gasteiger partial charge < -0.3 is 16.0 Å². The van der Waals surface area contributed by atoms with E-state index in [-0.39, 0.29) is 17.4 Å². The Bertz CT molecular complexity index is 891. The van der Waals surface area contributed by atoms with Crippen molar-refractivity contribution in [3.8, 4) is 0 Å². The molecule has 3 N–H and O–H groups in total. The van der Waals surface area contributed by atoms with E-state index in [1.807, 2.05) is 24.3 Å². The lowest BCUT2D eigenvalue weighted by Crippen LogP contribution is -2.31. The van der Waals surface area contributed by atoms with Crippen LogP contribution < -0.4 is 16.0 Å². The average molecular weight is 356 g/mol. The third kappa shape index (κ3) is 4.33. The van der Waals surface area contributed by atoms with Crippen molar-refractivity contribution in [2.24, 2.45) is 0 Å². The highest BCUT2D eigenvalue weighted by Crippen LogP contribution is 2.25. The number of rotatable bonds is 7. The smallest absolute Gasteiger partial charge is 0.267 e. The lowest BCUT2D eigenvalue weighted by atomic mass is 10.2. The maximum atomic E-state index is 12.9. The van der Waals surface area contributed by atoms with Gasteiger partial charge in [-0.15, -0.1) is 0 Å². The Hall–Kier alpha value is -2.93. The second-order valence-electron chi connectivity index (χ2n) is 5.32. The minimum absolute atomic E-state index is 0.200. The zero-order valence-corrected chi connectivity index (χ0v) is 14.2. The number of benzene rings is 2. The second-order valence-corrected chi connectivity index (χ2v) is 6.13. The van der Waals surface area contributed by atoms with Crippen molar-refractivity contribution in [2.75, 3.05) is 23.7 Å². The maximum Gasteiger partial charge on any atom is 0.267 e. The first-order chi connectivity index (χ1) is 12.1. The van der Waals surface area contributed by atoms with Gasteiger partial charge in [0.15, 0.2) is 0 Å². The third-order valence-corrected chi connectivity index (χ3v) is 4.32. The average Bonchev–Trinajstić information content (AvgIpc) is 3.03. The Morgan fingerprint density at radius 3 is 2.68 bits per heavy atom.